The zero-order valence-corrected chi connectivity index (χ0v) is 9.98. The summed E-state index contributed by atoms with van der Waals surface area (Å²) in [5, 5.41) is 0. The van der Waals surface area contributed by atoms with Crippen LogP contribution < -0.4 is 0 Å². The van der Waals surface area contributed by atoms with Gasteiger partial charge in [-0.3, -0.25) is 4.79 Å². The Hall–Kier alpha value is 1.01. The van der Waals surface area contributed by atoms with Crippen molar-refractivity contribution in [1.82, 2.24) is 0 Å². The number of quaternary nitrogens is 1. The van der Waals surface area contributed by atoms with Crippen LogP contribution in [-0.2, 0) is 9.53 Å². The van der Waals surface area contributed by atoms with Crippen molar-refractivity contribution in [2.75, 3.05) is 34.3 Å². The van der Waals surface area contributed by atoms with Gasteiger partial charge in [0.15, 0.2) is 0 Å². The molecule has 0 amide bonds. The molecule has 0 aliphatic carbocycles. The summed E-state index contributed by atoms with van der Waals surface area (Å²) in [4.78, 5) is 10.3. The molecule has 65 valence electrons. The number of esters is 1. The number of carbonyl (C=O) groups is 1. The van der Waals surface area contributed by atoms with E-state index in [1.54, 1.807) is 0 Å². The third-order valence-electron chi connectivity index (χ3n) is 1.07. The molecular formula is C7H16EuNO2+3. The van der Waals surface area contributed by atoms with Crippen molar-refractivity contribution in [3.05, 3.63) is 0 Å². The van der Waals surface area contributed by atoms with Gasteiger partial charge >= 0.3 is 55.3 Å². The standard InChI is InChI=1S/C7H16NO2.Eu/c1-7(9)10-6-5-8(2,3)4;/h5-6H2,1-4H3;/q+1;+2. The minimum atomic E-state index is -0.201. The Bertz CT molecular complexity index is 120. The molecule has 0 spiro atoms. The first kappa shape index (κ1) is 14.5. The predicted octanol–water partition coefficient (Wildman–Crippen LogP) is 0.256. The average Bonchev–Trinajstić information content (AvgIpc) is 1.59. The number of ether oxygens (including phenoxy) is 1. The van der Waals surface area contributed by atoms with Crippen LogP contribution in [0.25, 0.3) is 0 Å². The molecule has 0 aromatic heterocycles. The first-order valence-corrected chi connectivity index (χ1v) is 3.35. The minimum Gasteiger partial charge on any atom is -0.460 e. The molecule has 0 aliphatic rings. The van der Waals surface area contributed by atoms with Crippen molar-refractivity contribution < 1.29 is 63.4 Å². The second-order valence-electron chi connectivity index (χ2n) is 3.35. The normalized spacial score (nSPS) is 10.2. The van der Waals surface area contributed by atoms with Crippen molar-refractivity contribution in [2.24, 2.45) is 0 Å². The van der Waals surface area contributed by atoms with Gasteiger partial charge < -0.3 is 9.22 Å². The van der Waals surface area contributed by atoms with Crippen LogP contribution in [0.4, 0.5) is 0 Å². The smallest absolute Gasteiger partial charge is 0.460 e. The minimum absolute atomic E-state index is 0. The van der Waals surface area contributed by atoms with Crippen LogP contribution >= 0.6 is 0 Å². The van der Waals surface area contributed by atoms with E-state index in [1.807, 2.05) is 0 Å². The Balaban J connectivity index is 0. The van der Waals surface area contributed by atoms with E-state index in [1.165, 1.54) is 6.92 Å². The Morgan fingerprint density at radius 3 is 2.09 bits per heavy atom. The summed E-state index contributed by atoms with van der Waals surface area (Å²) in [6.07, 6.45) is 0. The molecule has 11 heavy (non-hydrogen) atoms. The molecule has 0 bridgehead atoms. The molecule has 0 unspecified atom stereocenters. The molecule has 0 aromatic rings. The van der Waals surface area contributed by atoms with Crippen molar-refractivity contribution in [3.63, 3.8) is 0 Å². The van der Waals surface area contributed by atoms with Crippen molar-refractivity contribution >= 4 is 5.97 Å². The fourth-order valence-corrected chi connectivity index (χ4v) is 0.463. The number of hydrogen-bond donors (Lipinski definition) is 0. The molecule has 0 rings (SSSR count). The zero-order valence-electron chi connectivity index (χ0n) is 7.56. The summed E-state index contributed by atoms with van der Waals surface area (Å²) in [5.74, 6) is -0.201. The first-order chi connectivity index (χ1) is 4.42. The predicted molar refractivity (Wildman–Crippen MR) is 39.5 cm³/mol. The maximum Gasteiger partial charge on any atom is 2.00 e. The van der Waals surface area contributed by atoms with Gasteiger partial charge in [0.2, 0.25) is 0 Å². The van der Waals surface area contributed by atoms with Gasteiger partial charge in [0, 0.05) is 6.92 Å². The van der Waals surface area contributed by atoms with Gasteiger partial charge in [0.05, 0.1) is 21.1 Å². The number of carbonyl (C=O) groups excluding carboxylic acids is 1. The quantitative estimate of drug-likeness (QED) is 0.552. The SMILES string of the molecule is CC(=O)OCC[N+](C)(C)C.[Eu+2]. The molecular weight excluding hydrogens is 282 g/mol. The van der Waals surface area contributed by atoms with Crippen LogP contribution in [0.1, 0.15) is 6.92 Å². The Morgan fingerprint density at radius 2 is 1.82 bits per heavy atom. The second-order valence-corrected chi connectivity index (χ2v) is 3.35. The molecule has 0 aliphatic heterocycles. The van der Waals surface area contributed by atoms with Crippen molar-refractivity contribution in [1.29, 1.82) is 0 Å². The zero-order chi connectivity index (χ0) is 8.20. The van der Waals surface area contributed by atoms with E-state index >= 15 is 0 Å². The van der Waals surface area contributed by atoms with Crippen LogP contribution in [0.15, 0.2) is 0 Å². The van der Waals surface area contributed by atoms with Gasteiger partial charge in [-0.15, -0.1) is 0 Å². The number of nitrogens with zero attached hydrogens (tertiary/aromatic N) is 1. The molecule has 0 fully saturated rings. The average molecular weight is 298 g/mol. The molecule has 0 aromatic carbocycles. The van der Waals surface area contributed by atoms with E-state index in [0.717, 1.165) is 11.0 Å². The van der Waals surface area contributed by atoms with Gasteiger partial charge in [0.25, 0.3) is 0 Å². The second kappa shape index (κ2) is 6.52. The molecule has 4 heteroatoms. The van der Waals surface area contributed by atoms with E-state index in [9.17, 15) is 4.79 Å². The van der Waals surface area contributed by atoms with Gasteiger partial charge in [0.1, 0.15) is 13.2 Å². The summed E-state index contributed by atoms with van der Waals surface area (Å²) < 4.78 is 5.59. The molecule has 1 radical (unpaired) electrons. The van der Waals surface area contributed by atoms with Crippen LogP contribution in [0.5, 0.6) is 0 Å². The summed E-state index contributed by atoms with van der Waals surface area (Å²) in [6, 6.07) is 0. The van der Waals surface area contributed by atoms with Crippen molar-refractivity contribution in [3.8, 4) is 0 Å². The molecule has 0 saturated carbocycles. The summed E-state index contributed by atoms with van der Waals surface area (Å²) in [6.45, 7) is 2.80. The van der Waals surface area contributed by atoms with E-state index in [0.29, 0.717) is 6.61 Å². The third kappa shape index (κ3) is 13.9. The molecule has 0 saturated heterocycles. The van der Waals surface area contributed by atoms with Gasteiger partial charge in [-0.1, -0.05) is 0 Å². The van der Waals surface area contributed by atoms with Crippen LogP contribution in [0, 0.1) is 49.4 Å². The van der Waals surface area contributed by atoms with Gasteiger partial charge in [-0.25, -0.2) is 0 Å². The number of hydrogen-bond acceptors (Lipinski definition) is 2. The van der Waals surface area contributed by atoms with E-state index in [2.05, 4.69) is 21.1 Å². The monoisotopic (exact) mass is 299 g/mol. The van der Waals surface area contributed by atoms with Gasteiger partial charge in [-0.05, 0) is 0 Å². The maximum atomic E-state index is 10.3. The van der Waals surface area contributed by atoms with Crippen molar-refractivity contribution in [2.45, 2.75) is 6.92 Å². The third-order valence-corrected chi connectivity index (χ3v) is 1.07. The Kier molecular flexibility index (Phi) is 8.62. The largest absolute Gasteiger partial charge is 2.00 e. The molecule has 0 atom stereocenters. The Morgan fingerprint density at radius 1 is 1.36 bits per heavy atom. The summed E-state index contributed by atoms with van der Waals surface area (Å²) >= 11 is 0. The first-order valence-electron chi connectivity index (χ1n) is 3.35. The van der Waals surface area contributed by atoms with Crippen LogP contribution in [-0.4, -0.2) is 44.7 Å². The van der Waals surface area contributed by atoms with E-state index in [-0.39, 0.29) is 55.3 Å². The topological polar surface area (TPSA) is 26.3 Å². The summed E-state index contributed by atoms with van der Waals surface area (Å²) in [7, 11) is 6.18. The number of rotatable bonds is 3. The van der Waals surface area contributed by atoms with Crippen LogP contribution in [0.2, 0.25) is 0 Å². The molecule has 0 N–H and O–H groups in total. The number of likely N-dealkylation sites (N-methyl/N-ethyl adjacent to an activating group) is 1. The van der Waals surface area contributed by atoms with E-state index in [4.69, 9.17) is 4.74 Å². The fourth-order valence-electron chi connectivity index (χ4n) is 0.463. The van der Waals surface area contributed by atoms with Gasteiger partial charge in [-0.2, -0.15) is 0 Å². The summed E-state index contributed by atoms with van der Waals surface area (Å²) in [5.41, 5.74) is 0. The Labute approximate surface area is 109 Å². The fraction of sp³-hybridized carbons (Fsp3) is 0.857. The molecule has 3 nitrogen and oxygen atoms in total. The maximum absolute atomic E-state index is 10.3. The van der Waals surface area contributed by atoms with E-state index < -0.39 is 0 Å². The van der Waals surface area contributed by atoms with Crippen LogP contribution in [0.3, 0.4) is 0 Å². The molecule has 0 heterocycles.